The Morgan fingerprint density at radius 1 is 1.22 bits per heavy atom. The number of nitriles is 1. The zero-order valence-electron chi connectivity index (χ0n) is 12.8. The average molecular weight is 324 g/mol. The van der Waals surface area contributed by atoms with Crippen molar-refractivity contribution in [2.75, 3.05) is 0 Å². The van der Waals surface area contributed by atoms with E-state index < -0.39 is 22.8 Å². The maximum atomic E-state index is 12.7. The number of nitrogens with zero attached hydrogens (tertiary/aromatic N) is 1. The van der Waals surface area contributed by atoms with E-state index in [1.54, 1.807) is 0 Å². The predicted octanol–water partition coefficient (Wildman–Crippen LogP) is 3.34. The molecule has 3 atom stereocenters. The monoisotopic (exact) mass is 324 g/mol. The van der Waals surface area contributed by atoms with Gasteiger partial charge >= 0.3 is 6.18 Å². The number of benzene rings is 1. The van der Waals surface area contributed by atoms with Gasteiger partial charge in [0, 0.05) is 12.1 Å². The molecule has 0 amide bonds. The van der Waals surface area contributed by atoms with Crippen LogP contribution in [0.15, 0.2) is 24.3 Å². The first-order valence-corrected chi connectivity index (χ1v) is 7.76. The van der Waals surface area contributed by atoms with Crippen molar-refractivity contribution < 1.29 is 18.3 Å². The van der Waals surface area contributed by atoms with Gasteiger partial charge in [0.2, 0.25) is 0 Å². The van der Waals surface area contributed by atoms with Crippen LogP contribution in [-0.2, 0) is 11.8 Å². The van der Waals surface area contributed by atoms with E-state index in [0.717, 1.165) is 25.0 Å². The molecule has 0 bridgehead atoms. The predicted molar refractivity (Wildman–Crippen MR) is 78.2 cm³/mol. The molecule has 1 aliphatic carbocycles. The van der Waals surface area contributed by atoms with Crippen molar-refractivity contribution in [3.63, 3.8) is 0 Å². The minimum Gasteiger partial charge on any atom is -0.385 e. The molecule has 1 aromatic carbocycles. The van der Waals surface area contributed by atoms with Gasteiger partial charge in [-0.05, 0) is 50.3 Å². The maximum absolute atomic E-state index is 12.7. The highest BCUT2D eigenvalue weighted by atomic mass is 19.4. The molecule has 0 radical (unpaired) electrons. The first kappa shape index (κ1) is 16.3. The maximum Gasteiger partial charge on any atom is 0.416 e. The topological polar surface area (TPSA) is 56.0 Å². The zero-order chi connectivity index (χ0) is 16.9. The summed E-state index contributed by atoms with van der Waals surface area (Å²) in [7, 11) is 0. The van der Waals surface area contributed by atoms with E-state index in [1.807, 2.05) is 6.92 Å². The highest BCUT2D eigenvalue weighted by Crippen LogP contribution is 2.53. The van der Waals surface area contributed by atoms with E-state index in [2.05, 4.69) is 11.4 Å². The second-order valence-electron chi connectivity index (χ2n) is 6.90. The average Bonchev–Trinajstić information content (AvgIpc) is 3.27. The molecule has 2 N–H and O–H groups in total. The van der Waals surface area contributed by atoms with E-state index in [1.165, 1.54) is 12.1 Å². The zero-order valence-corrected chi connectivity index (χ0v) is 12.8. The van der Waals surface area contributed by atoms with Crippen LogP contribution in [0, 0.1) is 16.7 Å². The van der Waals surface area contributed by atoms with Crippen molar-refractivity contribution >= 4 is 0 Å². The van der Waals surface area contributed by atoms with Crippen LogP contribution >= 0.6 is 0 Å². The molecule has 0 spiro atoms. The minimum absolute atomic E-state index is 0.00753. The molecule has 1 saturated carbocycles. The van der Waals surface area contributed by atoms with Crippen LogP contribution in [-0.4, -0.2) is 17.2 Å². The fourth-order valence-electron chi connectivity index (χ4n) is 3.62. The van der Waals surface area contributed by atoms with Crippen molar-refractivity contribution in [3.05, 3.63) is 35.4 Å². The third kappa shape index (κ3) is 2.96. The Morgan fingerprint density at radius 3 is 2.30 bits per heavy atom. The Hall–Kier alpha value is -1.58. The summed E-state index contributed by atoms with van der Waals surface area (Å²) in [6, 6.07) is 6.91. The van der Waals surface area contributed by atoms with Crippen LogP contribution in [0.1, 0.15) is 43.7 Å². The van der Waals surface area contributed by atoms with E-state index in [4.69, 9.17) is 0 Å². The molecule has 124 valence electrons. The lowest BCUT2D eigenvalue weighted by atomic mass is 9.75. The molecule has 1 saturated heterocycles. The van der Waals surface area contributed by atoms with E-state index in [9.17, 15) is 23.5 Å². The van der Waals surface area contributed by atoms with Crippen molar-refractivity contribution in [2.24, 2.45) is 5.41 Å². The molecular formula is C17H19F3N2O. The van der Waals surface area contributed by atoms with Gasteiger partial charge in [0.05, 0.1) is 22.6 Å². The number of nitrogens with one attached hydrogen (secondary N) is 1. The summed E-state index contributed by atoms with van der Waals surface area (Å²) < 4.78 is 38.0. The molecule has 1 aliphatic heterocycles. The highest BCUT2D eigenvalue weighted by molar-refractivity contribution is 5.31. The third-order valence-electron chi connectivity index (χ3n) is 5.10. The van der Waals surface area contributed by atoms with Crippen molar-refractivity contribution in [2.45, 2.75) is 56.5 Å². The van der Waals surface area contributed by atoms with Gasteiger partial charge in [0.15, 0.2) is 0 Å². The molecule has 23 heavy (non-hydrogen) atoms. The van der Waals surface area contributed by atoms with Crippen LogP contribution in [0.25, 0.3) is 0 Å². The SMILES string of the molecule is C[C@H]1CC(O)(c2ccc(C(F)(F)F)cc2)C[C@@H](C2(C#N)CC2)N1. The van der Waals surface area contributed by atoms with Crippen molar-refractivity contribution in [1.82, 2.24) is 5.32 Å². The van der Waals surface area contributed by atoms with Crippen molar-refractivity contribution in [1.29, 1.82) is 5.26 Å². The molecule has 1 unspecified atom stereocenters. The van der Waals surface area contributed by atoms with Crippen LogP contribution in [0.2, 0.25) is 0 Å². The number of rotatable bonds is 2. The Bertz CT molecular complexity index is 631. The van der Waals surface area contributed by atoms with Crippen molar-refractivity contribution in [3.8, 4) is 6.07 Å². The molecule has 2 fully saturated rings. The van der Waals surface area contributed by atoms with Gasteiger partial charge in [-0.25, -0.2) is 0 Å². The number of hydrogen-bond donors (Lipinski definition) is 2. The quantitative estimate of drug-likeness (QED) is 0.877. The van der Waals surface area contributed by atoms with Gasteiger partial charge in [-0.15, -0.1) is 0 Å². The number of hydrogen-bond acceptors (Lipinski definition) is 3. The van der Waals surface area contributed by atoms with Gasteiger partial charge < -0.3 is 10.4 Å². The first-order chi connectivity index (χ1) is 10.7. The van der Waals surface area contributed by atoms with E-state index >= 15 is 0 Å². The van der Waals surface area contributed by atoms with Gasteiger partial charge in [-0.2, -0.15) is 18.4 Å². The first-order valence-electron chi connectivity index (χ1n) is 7.76. The number of halogens is 3. The molecule has 3 rings (SSSR count). The molecular weight excluding hydrogens is 305 g/mol. The van der Waals surface area contributed by atoms with Crippen LogP contribution in [0.5, 0.6) is 0 Å². The Morgan fingerprint density at radius 2 is 1.83 bits per heavy atom. The molecule has 1 heterocycles. The molecule has 2 aliphatic rings. The lowest BCUT2D eigenvalue weighted by molar-refractivity contribution is -0.137. The molecule has 1 aromatic rings. The smallest absolute Gasteiger partial charge is 0.385 e. The second-order valence-corrected chi connectivity index (χ2v) is 6.90. The van der Waals surface area contributed by atoms with Crippen LogP contribution < -0.4 is 5.32 Å². The fraction of sp³-hybridized carbons (Fsp3) is 0.588. The number of piperidine rings is 1. The summed E-state index contributed by atoms with van der Waals surface area (Å²) >= 11 is 0. The van der Waals surface area contributed by atoms with E-state index in [-0.39, 0.29) is 12.1 Å². The van der Waals surface area contributed by atoms with Gasteiger partial charge in [0.25, 0.3) is 0 Å². The summed E-state index contributed by atoms with van der Waals surface area (Å²) in [4.78, 5) is 0. The fourth-order valence-corrected chi connectivity index (χ4v) is 3.62. The second kappa shape index (κ2) is 5.22. The lowest BCUT2D eigenvalue weighted by Crippen LogP contribution is -2.54. The van der Waals surface area contributed by atoms with Gasteiger partial charge in [-0.1, -0.05) is 12.1 Å². The third-order valence-corrected chi connectivity index (χ3v) is 5.10. The summed E-state index contributed by atoms with van der Waals surface area (Å²) in [5.74, 6) is 0. The summed E-state index contributed by atoms with van der Waals surface area (Å²) in [5, 5.41) is 23.8. The molecule has 3 nitrogen and oxygen atoms in total. The largest absolute Gasteiger partial charge is 0.416 e. The summed E-state index contributed by atoms with van der Waals surface area (Å²) in [6.45, 7) is 1.93. The summed E-state index contributed by atoms with van der Waals surface area (Å²) in [5.41, 5.74) is -1.88. The van der Waals surface area contributed by atoms with E-state index in [0.29, 0.717) is 18.4 Å². The number of aliphatic hydroxyl groups is 1. The van der Waals surface area contributed by atoms with Crippen LogP contribution in [0.4, 0.5) is 13.2 Å². The van der Waals surface area contributed by atoms with Gasteiger partial charge in [0.1, 0.15) is 0 Å². The lowest BCUT2D eigenvalue weighted by Gasteiger charge is -2.43. The normalized spacial score (nSPS) is 33.0. The van der Waals surface area contributed by atoms with Gasteiger partial charge in [-0.3, -0.25) is 0 Å². The Balaban J connectivity index is 1.87. The Labute approximate surface area is 133 Å². The standard InChI is InChI=1S/C17H19F3N2O/c1-11-8-16(23,9-14(22-11)15(10-21)6-7-15)12-2-4-13(5-3-12)17(18,19)20/h2-5,11,14,22-23H,6-9H2,1H3/t11-,14-,16?/m0/s1. The highest BCUT2D eigenvalue weighted by Gasteiger charge is 2.54. The molecule has 0 aromatic heterocycles. The van der Waals surface area contributed by atoms with Crippen LogP contribution in [0.3, 0.4) is 0 Å². The molecule has 6 heteroatoms. The Kier molecular flexibility index (Phi) is 3.69. The number of alkyl halides is 3. The summed E-state index contributed by atoms with van der Waals surface area (Å²) in [6.07, 6.45) is -2.02. The minimum atomic E-state index is -4.38.